The van der Waals surface area contributed by atoms with Crippen molar-refractivity contribution < 1.29 is 14.3 Å². The van der Waals surface area contributed by atoms with E-state index in [1.54, 1.807) is 6.92 Å². The highest BCUT2D eigenvalue weighted by Crippen LogP contribution is 2.21. The number of Topliss-reactive ketones (excluding diaryl/α,β-unsaturated/α-hetero) is 1. The molecule has 0 aliphatic heterocycles. The number of alkyl halides is 1. The first kappa shape index (κ1) is 14.8. The molecule has 0 fully saturated rings. The van der Waals surface area contributed by atoms with Gasteiger partial charge in [-0.05, 0) is 32.8 Å². The van der Waals surface area contributed by atoms with Crippen molar-refractivity contribution in [2.24, 2.45) is 0 Å². The average molecular weight is 272 g/mol. The van der Waals surface area contributed by atoms with Crippen LogP contribution in [0.2, 0.25) is 0 Å². The average Bonchev–Trinajstić information content (AvgIpc) is 2.63. The number of carbonyl (C=O) groups excluding carboxylic acids is 2. The Hall–Kier alpha value is -1.29. The Balaban J connectivity index is 3.08. The third kappa shape index (κ3) is 3.13. The number of hydrogen-bond acceptors (Lipinski definition) is 3. The second kappa shape index (κ2) is 6.59. The van der Waals surface area contributed by atoms with Gasteiger partial charge in [0.25, 0.3) is 0 Å². The van der Waals surface area contributed by atoms with Gasteiger partial charge in [-0.3, -0.25) is 4.79 Å². The van der Waals surface area contributed by atoms with Gasteiger partial charge in [0, 0.05) is 18.0 Å². The quantitative estimate of drug-likeness (QED) is 0.491. The molecule has 1 heterocycles. The first-order valence-corrected chi connectivity index (χ1v) is 6.51. The van der Waals surface area contributed by atoms with E-state index in [1.165, 1.54) is 0 Å². The van der Waals surface area contributed by atoms with E-state index in [9.17, 15) is 9.59 Å². The molecule has 0 radical (unpaired) electrons. The fourth-order valence-corrected chi connectivity index (χ4v) is 1.91. The maximum absolute atomic E-state index is 12.1. The molecule has 4 nitrogen and oxygen atoms in total. The summed E-state index contributed by atoms with van der Waals surface area (Å²) in [6.07, 6.45) is 0.945. The minimum Gasteiger partial charge on any atom is -0.461 e. The maximum Gasteiger partial charge on any atom is 0.355 e. The smallest absolute Gasteiger partial charge is 0.355 e. The predicted octanol–water partition coefficient (Wildman–Crippen LogP) is 3.01. The highest BCUT2D eigenvalue weighted by Gasteiger charge is 2.23. The standard InChI is InChI=1S/C13H18ClNO3/c1-4-18-13(17)12-11(8(2)9(3)15-12)10(16)6-5-7-14/h15H,4-7H2,1-3H3. The Morgan fingerprint density at radius 3 is 2.56 bits per heavy atom. The topological polar surface area (TPSA) is 59.2 Å². The number of rotatable bonds is 6. The van der Waals surface area contributed by atoms with Gasteiger partial charge in [-0.15, -0.1) is 11.6 Å². The van der Waals surface area contributed by atoms with Crippen molar-refractivity contribution >= 4 is 23.4 Å². The predicted molar refractivity (Wildman–Crippen MR) is 70.5 cm³/mol. The molecule has 0 atom stereocenters. The Morgan fingerprint density at radius 2 is 2.00 bits per heavy atom. The molecule has 0 aromatic carbocycles. The summed E-state index contributed by atoms with van der Waals surface area (Å²) in [5.74, 6) is -0.119. The van der Waals surface area contributed by atoms with Crippen LogP contribution in [0.25, 0.3) is 0 Å². The van der Waals surface area contributed by atoms with Gasteiger partial charge >= 0.3 is 5.97 Å². The van der Waals surface area contributed by atoms with Crippen LogP contribution in [-0.4, -0.2) is 29.2 Å². The van der Waals surface area contributed by atoms with E-state index in [0.717, 1.165) is 11.3 Å². The van der Waals surface area contributed by atoms with Gasteiger partial charge < -0.3 is 9.72 Å². The van der Waals surface area contributed by atoms with Gasteiger partial charge in [-0.25, -0.2) is 4.79 Å². The van der Waals surface area contributed by atoms with E-state index in [0.29, 0.717) is 24.3 Å². The number of ketones is 1. The van der Waals surface area contributed by atoms with E-state index < -0.39 is 5.97 Å². The molecule has 0 unspecified atom stereocenters. The molecule has 100 valence electrons. The van der Waals surface area contributed by atoms with E-state index >= 15 is 0 Å². The summed E-state index contributed by atoms with van der Waals surface area (Å²) in [5, 5.41) is 0. The summed E-state index contributed by atoms with van der Waals surface area (Å²) < 4.78 is 4.94. The van der Waals surface area contributed by atoms with Crippen LogP contribution in [0.15, 0.2) is 0 Å². The summed E-state index contributed by atoms with van der Waals surface area (Å²) in [6, 6.07) is 0. The molecule has 18 heavy (non-hydrogen) atoms. The second-order valence-electron chi connectivity index (χ2n) is 4.06. The van der Waals surface area contributed by atoms with Crippen molar-refractivity contribution in [1.82, 2.24) is 4.98 Å². The largest absolute Gasteiger partial charge is 0.461 e. The van der Waals surface area contributed by atoms with Crippen LogP contribution in [0.5, 0.6) is 0 Å². The van der Waals surface area contributed by atoms with E-state index in [2.05, 4.69) is 4.98 Å². The first-order valence-electron chi connectivity index (χ1n) is 5.98. The lowest BCUT2D eigenvalue weighted by atomic mass is 10.0. The molecule has 5 heteroatoms. The molecule has 1 rings (SSSR count). The number of aryl methyl sites for hydroxylation is 1. The van der Waals surface area contributed by atoms with Crippen molar-refractivity contribution in [3.63, 3.8) is 0 Å². The van der Waals surface area contributed by atoms with Crippen LogP contribution in [0.4, 0.5) is 0 Å². The lowest BCUT2D eigenvalue weighted by Crippen LogP contribution is -2.12. The van der Waals surface area contributed by atoms with Crippen LogP contribution >= 0.6 is 11.6 Å². The third-order valence-electron chi connectivity index (χ3n) is 2.80. The number of ether oxygens (including phenoxy) is 1. The highest BCUT2D eigenvalue weighted by atomic mass is 35.5. The van der Waals surface area contributed by atoms with Crippen LogP contribution in [0.3, 0.4) is 0 Å². The van der Waals surface area contributed by atoms with E-state index in [-0.39, 0.29) is 18.1 Å². The number of hydrogen-bond donors (Lipinski definition) is 1. The number of aromatic amines is 1. The summed E-state index contributed by atoms with van der Waals surface area (Å²) >= 11 is 5.58. The fraction of sp³-hybridized carbons (Fsp3) is 0.538. The van der Waals surface area contributed by atoms with Gasteiger partial charge in [0.15, 0.2) is 5.78 Å². The lowest BCUT2D eigenvalue weighted by molar-refractivity contribution is 0.0516. The van der Waals surface area contributed by atoms with Crippen molar-refractivity contribution in [1.29, 1.82) is 0 Å². The van der Waals surface area contributed by atoms with Crippen molar-refractivity contribution in [3.05, 3.63) is 22.5 Å². The molecule has 0 aliphatic carbocycles. The second-order valence-corrected chi connectivity index (χ2v) is 4.44. The maximum atomic E-state index is 12.1. The van der Waals surface area contributed by atoms with Crippen LogP contribution in [0.1, 0.15) is 51.9 Å². The molecular weight excluding hydrogens is 254 g/mol. The number of halogens is 1. The Kier molecular flexibility index (Phi) is 5.41. The van der Waals surface area contributed by atoms with Crippen molar-refractivity contribution in [3.8, 4) is 0 Å². The third-order valence-corrected chi connectivity index (χ3v) is 3.06. The molecule has 0 saturated carbocycles. The Morgan fingerprint density at radius 1 is 1.33 bits per heavy atom. The summed E-state index contributed by atoms with van der Waals surface area (Å²) in [6.45, 7) is 5.67. The Bertz CT molecular complexity index is 451. The molecule has 1 aromatic heterocycles. The molecular formula is C13H18ClNO3. The van der Waals surface area contributed by atoms with Gasteiger partial charge in [-0.2, -0.15) is 0 Å². The zero-order valence-corrected chi connectivity index (χ0v) is 11.7. The lowest BCUT2D eigenvalue weighted by Gasteiger charge is -2.04. The summed E-state index contributed by atoms with van der Waals surface area (Å²) in [4.78, 5) is 26.8. The molecule has 1 aromatic rings. The van der Waals surface area contributed by atoms with E-state index in [4.69, 9.17) is 16.3 Å². The molecule has 1 N–H and O–H groups in total. The number of carbonyl (C=O) groups is 2. The SMILES string of the molecule is CCOC(=O)c1[nH]c(C)c(C)c1C(=O)CCCCl. The zero-order chi connectivity index (χ0) is 13.7. The fourth-order valence-electron chi connectivity index (χ4n) is 1.78. The Labute approximate surface area is 112 Å². The number of aromatic nitrogens is 1. The van der Waals surface area contributed by atoms with Crippen molar-refractivity contribution in [2.75, 3.05) is 12.5 Å². The van der Waals surface area contributed by atoms with Gasteiger partial charge in [0.2, 0.25) is 0 Å². The highest BCUT2D eigenvalue weighted by molar-refractivity contribution is 6.18. The molecule has 0 saturated heterocycles. The number of H-pyrrole nitrogens is 1. The number of esters is 1. The molecule has 0 spiro atoms. The minimum absolute atomic E-state index is 0.0689. The molecule has 0 amide bonds. The van der Waals surface area contributed by atoms with Gasteiger partial charge in [0.1, 0.15) is 5.69 Å². The minimum atomic E-state index is -0.483. The van der Waals surface area contributed by atoms with Gasteiger partial charge in [0.05, 0.1) is 12.2 Å². The van der Waals surface area contributed by atoms with Crippen molar-refractivity contribution in [2.45, 2.75) is 33.6 Å². The molecule has 0 bridgehead atoms. The van der Waals surface area contributed by atoms with E-state index in [1.807, 2.05) is 13.8 Å². The zero-order valence-electron chi connectivity index (χ0n) is 10.9. The monoisotopic (exact) mass is 271 g/mol. The van der Waals surface area contributed by atoms with Crippen LogP contribution in [0, 0.1) is 13.8 Å². The van der Waals surface area contributed by atoms with Crippen LogP contribution < -0.4 is 0 Å². The normalized spacial score (nSPS) is 10.4. The van der Waals surface area contributed by atoms with Crippen LogP contribution in [-0.2, 0) is 4.74 Å². The van der Waals surface area contributed by atoms with Gasteiger partial charge in [-0.1, -0.05) is 0 Å². The molecule has 0 aliphatic rings. The summed E-state index contributed by atoms with van der Waals surface area (Å²) in [7, 11) is 0. The summed E-state index contributed by atoms with van der Waals surface area (Å²) in [5.41, 5.74) is 2.31. The first-order chi connectivity index (χ1) is 8.52. The number of nitrogens with one attached hydrogen (secondary N) is 1.